The summed E-state index contributed by atoms with van der Waals surface area (Å²) >= 11 is 16.2. The normalized spacial score (nSPS) is 13.2. The number of halogens is 3. The van der Waals surface area contributed by atoms with Gasteiger partial charge < -0.3 is 10.5 Å². The van der Waals surface area contributed by atoms with Crippen molar-refractivity contribution >= 4 is 61.9 Å². The van der Waals surface area contributed by atoms with Gasteiger partial charge in [-0.25, -0.2) is 4.18 Å². The summed E-state index contributed by atoms with van der Waals surface area (Å²) in [4.78, 5) is 0. The molecule has 0 aliphatic carbocycles. The maximum Gasteiger partial charge on any atom is 0.385 e. The van der Waals surface area contributed by atoms with E-state index in [9.17, 15) is 8.42 Å². The van der Waals surface area contributed by atoms with Gasteiger partial charge >= 0.3 is 10.3 Å². The van der Waals surface area contributed by atoms with Crippen molar-refractivity contribution in [3.8, 4) is 0 Å². The van der Waals surface area contributed by atoms with Crippen molar-refractivity contribution in [2.24, 2.45) is 10.1 Å². The van der Waals surface area contributed by atoms with E-state index in [1.807, 2.05) is 42.5 Å². The molecule has 2 aromatic carbocycles. The highest BCUT2D eigenvalue weighted by Gasteiger charge is 2.24. The Hall–Kier alpha value is -1.25. The fourth-order valence-corrected chi connectivity index (χ4v) is 3.09. The summed E-state index contributed by atoms with van der Waals surface area (Å²) in [6.45, 7) is -0.546. The zero-order chi connectivity index (χ0) is 18.5. The van der Waals surface area contributed by atoms with Crippen LogP contribution in [-0.4, -0.2) is 31.4 Å². The Morgan fingerprint density at radius 2 is 1.80 bits per heavy atom. The summed E-state index contributed by atoms with van der Waals surface area (Å²) in [5, 5.41) is 2.19. The zero-order valence-electron chi connectivity index (χ0n) is 12.9. The molecule has 25 heavy (non-hydrogen) atoms. The molecule has 2 aromatic rings. The van der Waals surface area contributed by atoms with Crippen LogP contribution < -0.4 is 5.73 Å². The number of benzene rings is 2. The second-order valence-corrected chi connectivity index (χ2v) is 8.76. The zero-order valence-corrected chi connectivity index (χ0v) is 15.9. The second-order valence-electron chi connectivity index (χ2n) is 4.97. The summed E-state index contributed by atoms with van der Waals surface area (Å²) < 4.78 is 33.9. The van der Waals surface area contributed by atoms with Crippen LogP contribution in [0.15, 0.2) is 46.9 Å². The third kappa shape index (κ3) is 6.87. The van der Waals surface area contributed by atoms with E-state index in [1.165, 1.54) is 0 Å². The molecule has 0 spiro atoms. The highest BCUT2D eigenvalue weighted by atomic mass is 35.6. The number of hydrogen-bond acceptors (Lipinski definition) is 4. The number of fused-ring (bicyclic) bond motifs is 1. The number of nitrogens with two attached hydrogens (primary N) is 1. The van der Waals surface area contributed by atoms with Crippen molar-refractivity contribution < 1.29 is 17.3 Å². The van der Waals surface area contributed by atoms with Crippen molar-refractivity contribution in [3.63, 3.8) is 0 Å². The monoisotopic (exact) mass is 424 g/mol. The van der Waals surface area contributed by atoms with Crippen LogP contribution in [-0.2, 0) is 25.6 Å². The van der Waals surface area contributed by atoms with Crippen molar-refractivity contribution in [2.45, 2.75) is 10.2 Å². The molecule has 0 fully saturated rings. The van der Waals surface area contributed by atoms with E-state index in [4.69, 9.17) is 45.3 Å². The molecule has 136 valence electrons. The summed E-state index contributed by atoms with van der Waals surface area (Å²) in [6, 6.07) is 13.2. The highest BCUT2D eigenvalue weighted by Crippen LogP contribution is 2.26. The number of ether oxygens (including phenoxy) is 1. The number of nitrogens with zero attached hydrogens (tertiary/aromatic N) is 1. The van der Waals surface area contributed by atoms with Crippen LogP contribution in [0.3, 0.4) is 0 Å². The first-order valence-corrected chi connectivity index (χ1v) is 9.57. The van der Waals surface area contributed by atoms with E-state index >= 15 is 0 Å². The lowest BCUT2D eigenvalue weighted by Gasteiger charge is -2.10. The quantitative estimate of drug-likeness (QED) is 0.435. The fourth-order valence-electron chi connectivity index (χ4n) is 2.08. The Morgan fingerprint density at radius 1 is 1.12 bits per heavy atom. The first-order chi connectivity index (χ1) is 11.7. The lowest BCUT2D eigenvalue weighted by atomic mass is 10.0. The van der Waals surface area contributed by atoms with E-state index in [-0.39, 0.29) is 6.61 Å². The minimum atomic E-state index is -4.36. The van der Waals surface area contributed by atoms with Gasteiger partial charge in [0.1, 0.15) is 6.61 Å². The summed E-state index contributed by atoms with van der Waals surface area (Å²) in [7, 11) is -4.36. The SMILES string of the molecule is N/C(=N\S(=O)(=O)OCC(Cl)(Cl)Cl)OCCc1cccc2ccccc12. The Kier molecular flexibility index (Phi) is 6.76. The molecule has 0 bridgehead atoms. The number of alkyl halides is 3. The van der Waals surface area contributed by atoms with E-state index in [1.54, 1.807) is 0 Å². The lowest BCUT2D eigenvalue weighted by molar-refractivity contribution is 0.300. The molecule has 0 aliphatic heterocycles. The van der Waals surface area contributed by atoms with Gasteiger partial charge in [-0.2, -0.15) is 8.42 Å². The lowest BCUT2D eigenvalue weighted by Crippen LogP contribution is -2.22. The molecule has 0 aromatic heterocycles. The van der Waals surface area contributed by atoms with E-state index < -0.39 is 26.7 Å². The predicted octanol–water partition coefficient (Wildman–Crippen LogP) is 3.35. The molecule has 0 heterocycles. The van der Waals surface area contributed by atoms with Crippen molar-refractivity contribution in [2.75, 3.05) is 13.2 Å². The van der Waals surface area contributed by atoms with Crippen LogP contribution in [0.1, 0.15) is 5.56 Å². The minimum absolute atomic E-state index is 0.142. The van der Waals surface area contributed by atoms with Gasteiger partial charge in [0.2, 0.25) is 3.79 Å². The van der Waals surface area contributed by atoms with E-state index in [2.05, 4.69) is 8.58 Å². The molecule has 10 heteroatoms. The first kappa shape index (κ1) is 20.1. The Labute approximate surface area is 160 Å². The molecular weight excluding hydrogens is 411 g/mol. The maximum atomic E-state index is 11.5. The van der Waals surface area contributed by atoms with E-state index in [0.29, 0.717) is 6.42 Å². The molecule has 6 nitrogen and oxygen atoms in total. The molecular formula is C15H15Cl3N2O4S. The second kappa shape index (κ2) is 8.42. The average Bonchev–Trinajstić information content (AvgIpc) is 2.52. The van der Waals surface area contributed by atoms with Crippen LogP contribution in [0.2, 0.25) is 0 Å². The molecule has 0 saturated carbocycles. The predicted molar refractivity (Wildman–Crippen MR) is 100 cm³/mol. The van der Waals surface area contributed by atoms with Gasteiger partial charge in [0.05, 0.1) is 6.61 Å². The molecule has 0 amide bonds. The summed E-state index contributed by atoms with van der Waals surface area (Å²) in [6.07, 6.45) is 0.520. The number of hydrogen-bond donors (Lipinski definition) is 1. The summed E-state index contributed by atoms with van der Waals surface area (Å²) in [5.41, 5.74) is 6.49. The highest BCUT2D eigenvalue weighted by molar-refractivity contribution is 7.85. The van der Waals surface area contributed by atoms with Gasteiger partial charge in [-0.3, -0.25) is 0 Å². The molecule has 0 aliphatic rings. The summed E-state index contributed by atoms with van der Waals surface area (Å²) in [5.74, 6) is 0. The molecule has 2 N–H and O–H groups in total. The van der Waals surface area contributed by atoms with E-state index in [0.717, 1.165) is 16.3 Å². The smallest absolute Gasteiger partial charge is 0.385 e. The number of amidine groups is 1. The van der Waals surface area contributed by atoms with Gasteiger partial charge in [-0.1, -0.05) is 81.7 Å². The third-order valence-corrected chi connectivity index (χ3v) is 4.22. The molecule has 0 unspecified atom stereocenters. The van der Waals surface area contributed by atoms with Crippen molar-refractivity contribution in [1.29, 1.82) is 0 Å². The van der Waals surface area contributed by atoms with Crippen molar-refractivity contribution in [1.82, 2.24) is 0 Å². The molecule has 2 rings (SSSR count). The molecule has 0 radical (unpaired) electrons. The average molecular weight is 426 g/mol. The van der Waals surface area contributed by atoms with Gasteiger partial charge in [0.25, 0.3) is 6.02 Å². The topological polar surface area (TPSA) is 91.0 Å². The van der Waals surface area contributed by atoms with Crippen LogP contribution in [0.4, 0.5) is 0 Å². The van der Waals surface area contributed by atoms with Crippen LogP contribution in [0.25, 0.3) is 10.8 Å². The van der Waals surface area contributed by atoms with Gasteiger partial charge in [-0.15, -0.1) is 0 Å². The standard InChI is InChI=1S/C15H15Cl3N2O4S/c16-15(17,18)10-24-25(21,22)20-14(19)23-9-8-12-6-3-5-11-4-1-2-7-13(11)12/h1-7H,8-10H2,(H2,19,20). The van der Waals surface area contributed by atoms with Crippen LogP contribution in [0, 0.1) is 0 Å². The van der Waals surface area contributed by atoms with Crippen LogP contribution in [0.5, 0.6) is 0 Å². The fraction of sp³-hybridized carbons (Fsp3) is 0.267. The maximum absolute atomic E-state index is 11.5. The Morgan fingerprint density at radius 3 is 2.52 bits per heavy atom. The first-order valence-electron chi connectivity index (χ1n) is 7.07. The Balaban J connectivity index is 1.94. The number of rotatable bonds is 6. The van der Waals surface area contributed by atoms with Gasteiger partial charge in [0, 0.05) is 6.42 Å². The van der Waals surface area contributed by atoms with Crippen LogP contribution >= 0.6 is 34.8 Å². The van der Waals surface area contributed by atoms with Crippen molar-refractivity contribution in [3.05, 3.63) is 48.0 Å². The largest absolute Gasteiger partial charge is 0.464 e. The Bertz CT molecular complexity index is 861. The molecule has 0 atom stereocenters. The van der Waals surface area contributed by atoms with Gasteiger partial charge in [-0.05, 0) is 16.3 Å². The molecule has 0 saturated heterocycles. The van der Waals surface area contributed by atoms with Gasteiger partial charge in [0.15, 0.2) is 0 Å². The minimum Gasteiger partial charge on any atom is -0.464 e. The third-order valence-electron chi connectivity index (χ3n) is 3.07.